The number of rotatable bonds is 8. The summed E-state index contributed by atoms with van der Waals surface area (Å²) in [5, 5.41) is 0. The van der Waals surface area contributed by atoms with Gasteiger partial charge in [0.1, 0.15) is 12.4 Å². The van der Waals surface area contributed by atoms with Crippen molar-refractivity contribution in [1.29, 1.82) is 0 Å². The molecule has 0 aliphatic carbocycles. The molecular weight excluding hydrogens is 240 g/mol. The number of ether oxygens (including phenoxy) is 1. The van der Waals surface area contributed by atoms with Crippen molar-refractivity contribution in [3.63, 3.8) is 0 Å². The van der Waals surface area contributed by atoms with Crippen LogP contribution in [0.5, 0.6) is 5.75 Å². The molecule has 0 saturated heterocycles. The first-order valence-corrected chi connectivity index (χ1v) is 9.54. The minimum Gasteiger partial charge on any atom is -0.491 e. The smallest absolute Gasteiger partial charge is 0.192 e. The fourth-order valence-electron chi connectivity index (χ4n) is 2.19. The molecule has 1 atom stereocenters. The molecule has 0 saturated carbocycles. The van der Waals surface area contributed by atoms with Crippen LogP contribution in [0.1, 0.15) is 27.7 Å². The SMILES string of the molecule is CC[Si](CC)(CC)OC(C)COc1ccccc1. The summed E-state index contributed by atoms with van der Waals surface area (Å²) in [6, 6.07) is 13.5. The Morgan fingerprint density at radius 3 is 2.06 bits per heavy atom. The van der Waals surface area contributed by atoms with Gasteiger partial charge in [-0.05, 0) is 37.2 Å². The van der Waals surface area contributed by atoms with Gasteiger partial charge in [-0.3, -0.25) is 0 Å². The molecule has 0 amide bonds. The Balaban J connectivity index is 2.43. The van der Waals surface area contributed by atoms with Gasteiger partial charge >= 0.3 is 0 Å². The molecule has 0 heterocycles. The monoisotopic (exact) mass is 266 g/mol. The van der Waals surface area contributed by atoms with Gasteiger partial charge < -0.3 is 9.16 Å². The standard InChI is InChI=1S/C15H26O2Si/c1-5-18(6-2,7-3)17-14(4)13-16-15-11-9-8-10-12-15/h8-12,14H,5-7,13H2,1-4H3. The summed E-state index contributed by atoms with van der Waals surface area (Å²) in [5.74, 6) is 0.921. The van der Waals surface area contributed by atoms with Crippen LogP contribution in [-0.2, 0) is 4.43 Å². The zero-order chi connectivity index (χ0) is 13.4. The number of benzene rings is 1. The normalized spacial score (nSPS) is 13.3. The second-order valence-corrected chi connectivity index (χ2v) is 9.52. The maximum atomic E-state index is 6.32. The first-order chi connectivity index (χ1) is 8.65. The minimum atomic E-state index is -1.50. The predicted octanol–water partition coefficient (Wildman–Crippen LogP) is 4.48. The summed E-state index contributed by atoms with van der Waals surface area (Å²) in [7, 11) is -1.50. The first-order valence-electron chi connectivity index (χ1n) is 7.01. The fraction of sp³-hybridized carbons (Fsp3) is 0.600. The van der Waals surface area contributed by atoms with E-state index in [0.717, 1.165) is 5.75 Å². The number of hydrogen-bond acceptors (Lipinski definition) is 2. The van der Waals surface area contributed by atoms with Crippen molar-refractivity contribution in [3.05, 3.63) is 30.3 Å². The zero-order valence-electron chi connectivity index (χ0n) is 12.1. The van der Waals surface area contributed by atoms with Gasteiger partial charge in [0, 0.05) is 0 Å². The molecule has 3 heteroatoms. The molecule has 0 bridgehead atoms. The minimum absolute atomic E-state index is 0.178. The lowest BCUT2D eigenvalue weighted by Gasteiger charge is -2.31. The van der Waals surface area contributed by atoms with E-state index in [-0.39, 0.29) is 6.10 Å². The summed E-state index contributed by atoms with van der Waals surface area (Å²) in [6.07, 6.45) is 0.178. The highest BCUT2D eigenvalue weighted by Crippen LogP contribution is 2.23. The van der Waals surface area contributed by atoms with Crippen molar-refractivity contribution < 1.29 is 9.16 Å². The van der Waals surface area contributed by atoms with E-state index in [4.69, 9.17) is 9.16 Å². The molecule has 0 aromatic heterocycles. The molecule has 102 valence electrons. The molecule has 1 unspecified atom stereocenters. The molecule has 1 aromatic carbocycles. The predicted molar refractivity (Wildman–Crippen MR) is 79.7 cm³/mol. The van der Waals surface area contributed by atoms with Crippen LogP contribution in [0.3, 0.4) is 0 Å². The van der Waals surface area contributed by atoms with Gasteiger partial charge in [-0.25, -0.2) is 0 Å². The molecule has 0 N–H and O–H groups in total. The Bertz CT molecular complexity index is 314. The Morgan fingerprint density at radius 2 is 1.56 bits per heavy atom. The van der Waals surface area contributed by atoms with Gasteiger partial charge in [-0.2, -0.15) is 0 Å². The lowest BCUT2D eigenvalue weighted by atomic mass is 10.3. The van der Waals surface area contributed by atoms with E-state index >= 15 is 0 Å². The highest BCUT2D eigenvalue weighted by Gasteiger charge is 2.30. The lowest BCUT2D eigenvalue weighted by molar-refractivity contribution is 0.132. The molecule has 18 heavy (non-hydrogen) atoms. The van der Waals surface area contributed by atoms with E-state index in [1.165, 1.54) is 18.1 Å². The second-order valence-electron chi connectivity index (χ2n) is 4.80. The van der Waals surface area contributed by atoms with E-state index in [1.807, 2.05) is 30.3 Å². The van der Waals surface area contributed by atoms with Crippen LogP contribution in [0.25, 0.3) is 0 Å². The topological polar surface area (TPSA) is 18.5 Å². The van der Waals surface area contributed by atoms with Crippen LogP contribution in [0, 0.1) is 0 Å². The fourth-order valence-corrected chi connectivity index (χ4v) is 5.11. The summed E-state index contributed by atoms with van der Waals surface area (Å²) < 4.78 is 12.1. The summed E-state index contributed by atoms with van der Waals surface area (Å²) in [4.78, 5) is 0. The molecular formula is C15H26O2Si. The van der Waals surface area contributed by atoms with Gasteiger partial charge in [-0.15, -0.1) is 0 Å². The average molecular weight is 266 g/mol. The van der Waals surface area contributed by atoms with Crippen molar-refractivity contribution in [1.82, 2.24) is 0 Å². The van der Waals surface area contributed by atoms with Crippen molar-refractivity contribution in [2.75, 3.05) is 6.61 Å². The molecule has 0 radical (unpaired) electrons. The lowest BCUT2D eigenvalue weighted by Crippen LogP contribution is -2.40. The van der Waals surface area contributed by atoms with Crippen molar-refractivity contribution in [3.8, 4) is 5.75 Å². The van der Waals surface area contributed by atoms with E-state index in [2.05, 4.69) is 27.7 Å². The molecule has 0 aliphatic heterocycles. The summed E-state index contributed by atoms with van der Waals surface area (Å²) >= 11 is 0. The van der Waals surface area contributed by atoms with E-state index < -0.39 is 8.32 Å². The van der Waals surface area contributed by atoms with E-state index in [9.17, 15) is 0 Å². The van der Waals surface area contributed by atoms with Crippen LogP contribution in [0.2, 0.25) is 18.1 Å². The molecule has 2 nitrogen and oxygen atoms in total. The van der Waals surface area contributed by atoms with Crippen LogP contribution in [-0.4, -0.2) is 21.0 Å². The third kappa shape index (κ3) is 4.46. The van der Waals surface area contributed by atoms with Gasteiger partial charge in [-0.1, -0.05) is 39.0 Å². The summed E-state index contributed by atoms with van der Waals surface area (Å²) in [6.45, 7) is 9.52. The maximum absolute atomic E-state index is 6.32. The largest absolute Gasteiger partial charge is 0.491 e. The number of para-hydroxylation sites is 1. The van der Waals surface area contributed by atoms with Gasteiger partial charge in [0.2, 0.25) is 0 Å². The second kappa shape index (κ2) is 7.59. The Morgan fingerprint density at radius 1 is 1.00 bits per heavy atom. The van der Waals surface area contributed by atoms with Crippen molar-refractivity contribution in [2.45, 2.75) is 51.9 Å². The molecule has 0 spiro atoms. The molecule has 1 rings (SSSR count). The quantitative estimate of drug-likeness (QED) is 0.646. The maximum Gasteiger partial charge on any atom is 0.192 e. The molecule has 0 fully saturated rings. The Hall–Kier alpha value is -0.803. The first kappa shape index (κ1) is 15.3. The van der Waals surface area contributed by atoms with Crippen LogP contribution < -0.4 is 4.74 Å². The molecule has 0 aliphatic rings. The Kier molecular flexibility index (Phi) is 6.43. The van der Waals surface area contributed by atoms with Gasteiger partial charge in [0.15, 0.2) is 8.32 Å². The average Bonchev–Trinajstić information content (AvgIpc) is 2.44. The number of hydrogen-bond donors (Lipinski definition) is 0. The van der Waals surface area contributed by atoms with Crippen LogP contribution >= 0.6 is 0 Å². The van der Waals surface area contributed by atoms with Crippen LogP contribution in [0.4, 0.5) is 0 Å². The van der Waals surface area contributed by atoms with E-state index in [0.29, 0.717) is 6.61 Å². The summed E-state index contributed by atoms with van der Waals surface area (Å²) in [5.41, 5.74) is 0. The van der Waals surface area contributed by atoms with Crippen LogP contribution in [0.15, 0.2) is 30.3 Å². The Labute approximate surface area is 112 Å². The third-order valence-electron chi connectivity index (χ3n) is 3.61. The highest BCUT2D eigenvalue weighted by molar-refractivity contribution is 6.73. The molecule has 1 aromatic rings. The van der Waals surface area contributed by atoms with Gasteiger partial charge in [0.05, 0.1) is 6.10 Å². The van der Waals surface area contributed by atoms with Gasteiger partial charge in [0.25, 0.3) is 0 Å². The third-order valence-corrected chi connectivity index (χ3v) is 8.38. The zero-order valence-corrected chi connectivity index (χ0v) is 13.1. The highest BCUT2D eigenvalue weighted by atomic mass is 28.4. The van der Waals surface area contributed by atoms with Crippen molar-refractivity contribution >= 4 is 8.32 Å². The van der Waals surface area contributed by atoms with Crippen molar-refractivity contribution in [2.24, 2.45) is 0 Å². The van der Waals surface area contributed by atoms with E-state index in [1.54, 1.807) is 0 Å².